The second-order valence-corrected chi connectivity index (χ2v) is 12.1. The van der Waals surface area contributed by atoms with E-state index in [1.807, 2.05) is 19.9 Å². The van der Waals surface area contributed by atoms with Crippen molar-refractivity contribution in [2.45, 2.75) is 34.1 Å². The number of nitrogens with two attached hydrogens (primary N) is 2. The zero-order valence-electron chi connectivity index (χ0n) is 31.2. The highest BCUT2D eigenvalue weighted by Gasteiger charge is 2.22. The molecule has 0 radical (unpaired) electrons. The van der Waals surface area contributed by atoms with Crippen LogP contribution in [-0.4, -0.2) is 77.0 Å². The maximum absolute atomic E-state index is 11.2. The van der Waals surface area contributed by atoms with Gasteiger partial charge in [-0.25, -0.2) is 0 Å². The molecule has 298 valence electrons. The number of rotatable bonds is 5. The summed E-state index contributed by atoms with van der Waals surface area (Å²) in [5, 5.41) is 84.1. The predicted molar refractivity (Wildman–Crippen MR) is 201 cm³/mol. The minimum Gasteiger partial charge on any atom is -0.691 e. The number of para-hydroxylation sites is 1. The van der Waals surface area contributed by atoms with Crippen LogP contribution in [0.4, 0.5) is 22.7 Å². The summed E-state index contributed by atoms with van der Waals surface area (Å²) in [7, 11) is 3.39. The Bertz CT molecular complexity index is 2790. The minimum atomic E-state index is -0.586. The largest absolute Gasteiger partial charge is 0.691 e. The molecule has 0 saturated carbocycles. The van der Waals surface area contributed by atoms with E-state index in [1.165, 1.54) is 27.6 Å². The number of hydrogen-bond donors (Lipinski definition) is 4. The summed E-state index contributed by atoms with van der Waals surface area (Å²) in [6.45, 7) is 7.35. The van der Waals surface area contributed by atoms with Gasteiger partial charge in [0.2, 0.25) is 22.1 Å². The second-order valence-electron chi connectivity index (χ2n) is 12.1. The Morgan fingerprint density at radius 1 is 0.807 bits per heavy atom. The van der Waals surface area contributed by atoms with Gasteiger partial charge in [0.25, 0.3) is 5.69 Å². The number of aromatic nitrogens is 12. The zero-order chi connectivity index (χ0) is 41.9. The molecule has 4 aromatic carbocycles. The van der Waals surface area contributed by atoms with E-state index in [2.05, 4.69) is 31.1 Å². The molecule has 6 N–H and O–H groups in total. The van der Waals surface area contributed by atoms with Crippen molar-refractivity contribution in [1.82, 2.24) is 50.1 Å². The quantitative estimate of drug-likeness (QED) is 0.0485. The molecule has 0 atom stereocenters. The molecule has 8 rings (SSSR count). The van der Waals surface area contributed by atoms with Crippen LogP contribution in [0.15, 0.2) is 48.5 Å². The number of hydrogen-bond acceptors (Lipinski definition) is 17. The first kappa shape index (κ1) is 40.1. The van der Waals surface area contributed by atoms with Crippen molar-refractivity contribution >= 4 is 66.9 Å². The smallest absolute Gasteiger partial charge is 0.313 e. The fourth-order valence-corrected chi connectivity index (χ4v) is 5.76. The summed E-state index contributed by atoms with van der Waals surface area (Å²) in [6.07, 6.45) is 0.594. The minimum absolute atomic E-state index is 0.0260. The van der Waals surface area contributed by atoms with Crippen LogP contribution < -0.4 is 25.9 Å². The van der Waals surface area contributed by atoms with Gasteiger partial charge in [-0.05, 0) is 66.9 Å². The van der Waals surface area contributed by atoms with Crippen molar-refractivity contribution in [3.8, 4) is 5.75 Å². The van der Waals surface area contributed by atoms with Crippen LogP contribution in [0.3, 0.4) is 0 Å². The van der Waals surface area contributed by atoms with Gasteiger partial charge in [0.05, 0.1) is 49.9 Å². The Balaban J connectivity index is 0.000000146. The first-order valence-electron chi connectivity index (χ1n) is 16.7. The molecule has 0 unspecified atom stereocenters. The summed E-state index contributed by atoms with van der Waals surface area (Å²) in [5.41, 5.74) is 18.1. The van der Waals surface area contributed by atoms with E-state index in [4.69, 9.17) is 16.2 Å². The van der Waals surface area contributed by atoms with Gasteiger partial charge in [-0.1, -0.05) is 28.7 Å². The molecule has 0 fully saturated rings. The van der Waals surface area contributed by atoms with Crippen LogP contribution in [0, 0.1) is 44.5 Å². The molecule has 0 bridgehead atoms. The molecule has 0 amide bonds. The van der Waals surface area contributed by atoms with Crippen molar-refractivity contribution < 1.29 is 34.7 Å². The highest BCUT2D eigenvalue weighted by molar-refractivity contribution is 5.87. The Morgan fingerprint density at radius 2 is 1.42 bits per heavy atom. The van der Waals surface area contributed by atoms with Gasteiger partial charge in [0.15, 0.2) is 5.75 Å². The molecule has 0 aliphatic heterocycles. The van der Waals surface area contributed by atoms with Crippen molar-refractivity contribution in [2.24, 2.45) is 14.1 Å². The zero-order valence-corrected chi connectivity index (χ0v) is 31.2. The molecule has 0 saturated heterocycles. The lowest BCUT2D eigenvalue weighted by molar-refractivity contribution is -0.646. The average Bonchev–Trinajstić information content (AvgIpc) is 3.90. The number of nitro benzene ring substituents is 2. The number of nitro groups is 2. The fourth-order valence-electron chi connectivity index (χ4n) is 5.76. The van der Waals surface area contributed by atoms with Crippen LogP contribution in [0.25, 0.3) is 44.1 Å². The molecular weight excluding hydrogens is 752 g/mol. The van der Waals surface area contributed by atoms with Gasteiger partial charge in [-0.2, -0.15) is 0 Å². The first-order valence-corrected chi connectivity index (χ1v) is 16.7. The van der Waals surface area contributed by atoms with E-state index < -0.39 is 9.85 Å². The van der Waals surface area contributed by atoms with Crippen LogP contribution >= 0.6 is 0 Å². The number of fused-ring (bicyclic) bond motifs is 4. The van der Waals surface area contributed by atoms with Gasteiger partial charge in [-0.15, -0.1) is 29.3 Å². The van der Waals surface area contributed by atoms with E-state index in [0.29, 0.717) is 93.5 Å². The van der Waals surface area contributed by atoms with E-state index in [0.717, 1.165) is 5.56 Å². The van der Waals surface area contributed by atoms with Gasteiger partial charge < -0.3 is 37.0 Å². The molecule has 8 aromatic rings. The highest BCUT2D eigenvalue weighted by atomic mass is 16.6. The van der Waals surface area contributed by atoms with E-state index in [9.17, 15) is 41.1 Å². The number of nitrogens with zero attached hydrogens (tertiary/aromatic N) is 14. The molecule has 0 spiro atoms. The third-order valence-electron chi connectivity index (χ3n) is 8.54. The van der Waals surface area contributed by atoms with E-state index in [-0.39, 0.29) is 22.6 Å². The second kappa shape index (κ2) is 16.1. The SMILES string of the molecule is CCOc1cc2nnn(O)c2cc1[N+](=O)[O-].CCc1cc([N+](=O)[O-])c(C)c2c1nnn2O.Cc1ccc2c(c1N)n(C)n[n+]2[O-].Cn1n[n+]([O-])c2cccc(N)c21. The number of benzene rings is 4. The molecule has 57 heavy (non-hydrogen) atoms. The molecule has 25 heteroatoms. The van der Waals surface area contributed by atoms with Crippen LogP contribution in [0.2, 0.25) is 0 Å². The van der Waals surface area contributed by atoms with Gasteiger partial charge in [-0.3, -0.25) is 20.2 Å². The summed E-state index contributed by atoms with van der Waals surface area (Å²) >= 11 is 0. The molecule has 0 aliphatic rings. The maximum Gasteiger partial charge on any atom is 0.313 e. The molecular formula is C32H36N16O9. The molecule has 25 nitrogen and oxygen atoms in total. The lowest BCUT2D eigenvalue weighted by atomic mass is 10.1. The third-order valence-corrected chi connectivity index (χ3v) is 8.54. The molecule has 4 aromatic heterocycles. The average molecular weight is 789 g/mol. The topological polar surface area (TPSA) is 339 Å². The number of anilines is 2. The first-order chi connectivity index (χ1) is 27.0. The Kier molecular flexibility index (Phi) is 11.3. The fraction of sp³-hybridized carbons (Fsp3) is 0.250. The maximum atomic E-state index is 11.2. The lowest BCUT2D eigenvalue weighted by Gasteiger charge is -2.03. The van der Waals surface area contributed by atoms with E-state index >= 15 is 0 Å². The monoisotopic (exact) mass is 788 g/mol. The Morgan fingerprint density at radius 3 is 2.02 bits per heavy atom. The van der Waals surface area contributed by atoms with Crippen molar-refractivity contribution in [3.05, 3.63) is 95.9 Å². The van der Waals surface area contributed by atoms with E-state index in [1.54, 1.807) is 52.2 Å². The summed E-state index contributed by atoms with van der Waals surface area (Å²) in [4.78, 5) is 22.8. The highest BCUT2D eigenvalue weighted by Crippen LogP contribution is 2.31. The lowest BCUT2D eigenvalue weighted by Crippen LogP contribution is -2.29. The Labute approximate surface area is 319 Å². The van der Waals surface area contributed by atoms with Crippen LogP contribution in [-0.2, 0) is 20.5 Å². The predicted octanol–water partition coefficient (Wildman–Crippen LogP) is 2.31. The van der Waals surface area contributed by atoms with Crippen LogP contribution in [0.1, 0.15) is 30.5 Å². The van der Waals surface area contributed by atoms with Gasteiger partial charge >= 0.3 is 5.69 Å². The third kappa shape index (κ3) is 7.77. The molecule has 4 heterocycles. The number of nitrogen functional groups attached to an aromatic ring is 2. The normalized spacial score (nSPS) is 10.8. The number of aryl methyl sites for hydroxylation is 5. The van der Waals surface area contributed by atoms with Crippen molar-refractivity contribution in [3.63, 3.8) is 0 Å². The van der Waals surface area contributed by atoms with Crippen molar-refractivity contribution in [1.29, 1.82) is 0 Å². The van der Waals surface area contributed by atoms with Gasteiger partial charge in [0, 0.05) is 12.1 Å². The summed E-state index contributed by atoms with van der Waals surface area (Å²) in [6, 6.07) is 12.7. The van der Waals surface area contributed by atoms with Crippen LogP contribution in [0.5, 0.6) is 5.75 Å². The molecule has 0 aliphatic carbocycles. The number of ether oxygens (including phenoxy) is 1. The Hall–Kier alpha value is -8.12. The van der Waals surface area contributed by atoms with Gasteiger partial charge in [0.1, 0.15) is 36.2 Å². The van der Waals surface area contributed by atoms with Crippen molar-refractivity contribution in [2.75, 3.05) is 18.1 Å². The summed E-state index contributed by atoms with van der Waals surface area (Å²) < 4.78 is 8.08. The summed E-state index contributed by atoms with van der Waals surface area (Å²) in [5.74, 6) is 0.112. The standard InChI is InChI=1S/C9H10N4O3.C8H8N4O4.C8H10N4O.C7H8N4O/c1-3-6-4-7(13(15)16)5(2)9-8(6)10-11-12(9)14;1-2-16-8-3-5-6(11(13)10-9-5)4-7(8)12(14)15;1-5-3-4-6-8(7(5)9)11(2)10-12(6)13;1-10-7-5(8)3-2-4-6(7)11(12)9-10/h4,14H,3H2,1-2H3;3-4,13H,2H2,1H3;3-4H,9H2,1-2H3;2-4H,8H2,1H3.